The van der Waals surface area contributed by atoms with Gasteiger partial charge in [-0.05, 0) is 23.8 Å². The first-order valence-corrected chi connectivity index (χ1v) is 9.25. The Morgan fingerprint density at radius 3 is 1.04 bits per heavy atom. The Balaban J connectivity index is 0.000000279. The number of nitrogens with zero attached hydrogens (tertiary/aromatic N) is 2. The van der Waals surface area contributed by atoms with Crippen LogP contribution in [0.1, 0.15) is 0 Å². The summed E-state index contributed by atoms with van der Waals surface area (Å²) in [5, 5.41) is 24.0. The number of hydrogen-bond acceptors (Lipinski definition) is 2. The highest BCUT2D eigenvalue weighted by Gasteiger charge is 2.14. The van der Waals surface area contributed by atoms with Gasteiger partial charge < -0.3 is 10.2 Å². The second-order valence-electron chi connectivity index (χ2n) is 5.11. The SMILES string of the molecule is O=C(O)/N=N/C(=O)O.c1ccc(P(c2ccccc2)c2ccccc2)cc1. The highest BCUT2D eigenvalue weighted by Crippen LogP contribution is 2.32. The van der Waals surface area contributed by atoms with Gasteiger partial charge in [-0.25, -0.2) is 9.59 Å². The van der Waals surface area contributed by atoms with Crippen molar-refractivity contribution >= 4 is 36.0 Å². The fraction of sp³-hybridized carbons (Fsp3) is 0. The van der Waals surface area contributed by atoms with E-state index in [1.54, 1.807) is 0 Å². The zero-order chi connectivity index (χ0) is 19.5. The van der Waals surface area contributed by atoms with E-state index in [1.807, 2.05) is 0 Å². The number of amides is 2. The highest BCUT2D eigenvalue weighted by molar-refractivity contribution is 7.79. The fourth-order valence-corrected chi connectivity index (χ4v) is 4.57. The van der Waals surface area contributed by atoms with Crippen molar-refractivity contribution in [1.82, 2.24) is 0 Å². The van der Waals surface area contributed by atoms with Gasteiger partial charge in [0.25, 0.3) is 0 Å². The average molecular weight is 380 g/mol. The van der Waals surface area contributed by atoms with Crippen molar-refractivity contribution in [2.75, 3.05) is 0 Å². The van der Waals surface area contributed by atoms with E-state index >= 15 is 0 Å². The van der Waals surface area contributed by atoms with E-state index in [0.717, 1.165) is 0 Å². The minimum atomic E-state index is -1.62. The Morgan fingerprint density at radius 1 is 0.556 bits per heavy atom. The van der Waals surface area contributed by atoms with Crippen LogP contribution in [0.2, 0.25) is 0 Å². The molecule has 0 atom stereocenters. The van der Waals surface area contributed by atoms with Crippen LogP contribution < -0.4 is 15.9 Å². The third-order valence-corrected chi connectivity index (χ3v) is 5.71. The molecule has 0 radical (unpaired) electrons. The molecule has 0 bridgehead atoms. The van der Waals surface area contributed by atoms with Gasteiger partial charge in [0.2, 0.25) is 0 Å². The number of carboxylic acid groups (broad SMARTS) is 2. The maximum Gasteiger partial charge on any atom is 0.450 e. The summed E-state index contributed by atoms with van der Waals surface area (Å²) in [6, 6.07) is 32.3. The summed E-state index contributed by atoms with van der Waals surface area (Å²) >= 11 is 0. The number of benzene rings is 3. The quantitative estimate of drug-likeness (QED) is 0.524. The molecular formula is C20H17N2O4P. The lowest BCUT2D eigenvalue weighted by atomic mass is 10.4. The molecule has 0 saturated heterocycles. The van der Waals surface area contributed by atoms with Crippen LogP contribution in [0.5, 0.6) is 0 Å². The molecule has 2 amide bonds. The van der Waals surface area contributed by atoms with Crippen molar-refractivity contribution < 1.29 is 19.8 Å². The van der Waals surface area contributed by atoms with Gasteiger partial charge in [0.15, 0.2) is 0 Å². The van der Waals surface area contributed by atoms with Crippen LogP contribution in [0.25, 0.3) is 0 Å². The molecule has 3 rings (SSSR count). The molecular weight excluding hydrogens is 363 g/mol. The van der Waals surface area contributed by atoms with E-state index < -0.39 is 20.1 Å². The minimum Gasteiger partial charge on any atom is -0.462 e. The van der Waals surface area contributed by atoms with Crippen LogP contribution in [0.4, 0.5) is 9.59 Å². The molecule has 0 aliphatic rings. The molecule has 0 fully saturated rings. The fourth-order valence-electron chi connectivity index (χ4n) is 2.26. The molecule has 0 heterocycles. The Bertz CT molecular complexity index is 778. The lowest BCUT2D eigenvalue weighted by Gasteiger charge is -2.18. The molecule has 27 heavy (non-hydrogen) atoms. The van der Waals surface area contributed by atoms with Gasteiger partial charge in [0.1, 0.15) is 0 Å². The summed E-state index contributed by atoms with van der Waals surface area (Å²) in [6.07, 6.45) is -3.24. The van der Waals surface area contributed by atoms with Gasteiger partial charge in [0, 0.05) is 0 Å². The molecule has 0 unspecified atom stereocenters. The monoisotopic (exact) mass is 380 g/mol. The molecule has 136 valence electrons. The van der Waals surface area contributed by atoms with Gasteiger partial charge in [-0.2, -0.15) is 0 Å². The summed E-state index contributed by atoms with van der Waals surface area (Å²) in [5.41, 5.74) is 0. The lowest BCUT2D eigenvalue weighted by Crippen LogP contribution is -2.20. The van der Waals surface area contributed by atoms with E-state index in [0.29, 0.717) is 0 Å². The Kier molecular flexibility index (Phi) is 7.82. The predicted octanol–water partition coefficient (Wildman–Crippen LogP) is 4.24. The maximum atomic E-state index is 9.38. The van der Waals surface area contributed by atoms with Crippen LogP contribution in [-0.2, 0) is 0 Å². The zero-order valence-corrected chi connectivity index (χ0v) is 15.1. The summed E-state index contributed by atoms with van der Waals surface area (Å²) < 4.78 is 0. The third kappa shape index (κ3) is 6.80. The van der Waals surface area contributed by atoms with Gasteiger partial charge in [-0.3, -0.25) is 0 Å². The predicted molar refractivity (Wildman–Crippen MR) is 106 cm³/mol. The largest absolute Gasteiger partial charge is 0.462 e. The number of hydrogen-bond donors (Lipinski definition) is 2. The maximum absolute atomic E-state index is 9.38. The summed E-state index contributed by atoms with van der Waals surface area (Å²) in [7, 11) is -0.446. The first-order valence-electron chi connectivity index (χ1n) is 7.91. The van der Waals surface area contributed by atoms with Gasteiger partial charge in [-0.1, -0.05) is 101 Å². The van der Waals surface area contributed by atoms with Crippen LogP contribution >= 0.6 is 7.92 Å². The molecule has 0 aromatic heterocycles. The second kappa shape index (κ2) is 10.6. The van der Waals surface area contributed by atoms with Crippen LogP contribution in [0, 0.1) is 0 Å². The van der Waals surface area contributed by atoms with E-state index in [9.17, 15) is 9.59 Å². The van der Waals surface area contributed by atoms with Crippen molar-refractivity contribution in [2.45, 2.75) is 0 Å². The third-order valence-electron chi connectivity index (χ3n) is 3.26. The Labute approximate surface area is 157 Å². The molecule has 0 aliphatic heterocycles. The molecule has 2 N–H and O–H groups in total. The first kappa shape index (κ1) is 19.9. The van der Waals surface area contributed by atoms with Gasteiger partial charge in [-0.15, -0.1) is 0 Å². The van der Waals surface area contributed by atoms with Gasteiger partial charge in [0.05, 0.1) is 0 Å². The normalized spacial score (nSPS) is 10.3. The average Bonchev–Trinajstić information content (AvgIpc) is 2.70. The smallest absolute Gasteiger partial charge is 0.450 e. The van der Waals surface area contributed by atoms with Crippen LogP contribution in [0.3, 0.4) is 0 Å². The molecule has 0 saturated carbocycles. The van der Waals surface area contributed by atoms with Crippen molar-refractivity contribution in [3.05, 3.63) is 91.0 Å². The van der Waals surface area contributed by atoms with Gasteiger partial charge >= 0.3 is 12.2 Å². The number of azo groups is 1. The first-order chi connectivity index (χ1) is 13.1. The number of rotatable bonds is 3. The molecule has 3 aromatic rings. The van der Waals surface area contributed by atoms with Crippen LogP contribution in [0.15, 0.2) is 101 Å². The topological polar surface area (TPSA) is 99.3 Å². The molecule has 3 aromatic carbocycles. The van der Waals surface area contributed by atoms with E-state index in [4.69, 9.17) is 10.2 Å². The highest BCUT2D eigenvalue weighted by atomic mass is 31.1. The van der Waals surface area contributed by atoms with Crippen LogP contribution in [-0.4, -0.2) is 22.4 Å². The Hall–Kier alpha value is -3.37. The van der Waals surface area contributed by atoms with Crippen molar-refractivity contribution in [1.29, 1.82) is 0 Å². The van der Waals surface area contributed by atoms with E-state index in [-0.39, 0.29) is 0 Å². The standard InChI is InChI=1S/C18H15P.C2H2N2O4/c1-4-10-16(11-5-1)19(17-12-6-2-7-13-17)18-14-8-3-9-15-18;5-1(6)3-4-2(7)8/h1-15H;(H,5,6)(H,7,8)/b;4-3+. The molecule has 0 spiro atoms. The Morgan fingerprint density at radius 2 is 0.815 bits per heavy atom. The molecule has 7 heteroatoms. The van der Waals surface area contributed by atoms with Crippen molar-refractivity contribution in [3.8, 4) is 0 Å². The number of carbonyl (C=O) groups is 2. The zero-order valence-electron chi connectivity index (χ0n) is 14.2. The summed E-state index contributed by atoms with van der Waals surface area (Å²) in [4.78, 5) is 18.8. The summed E-state index contributed by atoms with van der Waals surface area (Å²) in [6.45, 7) is 0. The second-order valence-corrected chi connectivity index (χ2v) is 7.33. The summed E-state index contributed by atoms with van der Waals surface area (Å²) in [5.74, 6) is 0. The van der Waals surface area contributed by atoms with E-state index in [2.05, 4.69) is 101 Å². The molecule has 6 nitrogen and oxygen atoms in total. The van der Waals surface area contributed by atoms with E-state index in [1.165, 1.54) is 15.9 Å². The lowest BCUT2D eigenvalue weighted by molar-refractivity contribution is 0.194. The molecule has 0 aliphatic carbocycles. The minimum absolute atomic E-state index is 0.446. The van der Waals surface area contributed by atoms with Crippen molar-refractivity contribution in [2.24, 2.45) is 10.2 Å². The van der Waals surface area contributed by atoms with Crippen molar-refractivity contribution in [3.63, 3.8) is 0 Å².